The van der Waals surface area contributed by atoms with Crippen LogP contribution in [-0.2, 0) is 6.42 Å². The van der Waals surface area contributed by atoms with Crippen LogP contribution in [-0.4, -0.2) is 7.11 Å². The van der Waals surface area contributed by atoms with Gasteiger partial charge in [0.25, 0.3) is 0 Å². The Bertz CT molecular complexity index is 478. The summed E-state index contributed by atoms with van der Waals surface area (Å²) in [6.07, 6.45) is 0.979. The first-order valence-corrected chi connectivity index (χ1v) is 7.79. The zero-order chi connectivity index (χ0) is 12.3. The summed E-state index contributed by atoms with van der Waals surface area (Å²) in [5.74, 6) is 0.901. The highest BCUT2D eigenvalue weighted by molar-refractivity contribution is 9.11. The second-order valence-electron chi connectivity index (χ2n) is 3.70. The summed E-state index contributed by atoms with van der Waals surface area (Å²) in [6.45, 7) is 0. The van der Waals surface area contributed by atoms with Crippen molar-refractivity contribution in [2.45, 2.75) is 11.2 Å². The maximum Gasteiger partial charge on any atom is 0.118 e. The van der Waals surface area contributed by atoms with Crippen LogP contribution in [0, 0.1) is 0 Å². The number of alkyl halides is 1. The molecule has 2 aromatic rings. The van der Waals surface area contributed by atoms with E-state index in [0.717, 1.165) is 12.2 Å². The standard InChI is InChI=1S/C13H12Br2OS/c1-16-11-4-2-9(3-5-11)6-12(14)10-7-13(15)17-8-10/h2-5,7-8,12H,6H2,1H3. The van der Waals surface area contributed by atoms with Gasteiger partial charge in [-0.05, 0) is 57.1 Å². The summed E-state index contributed by atoms with van der Waals surface area (Å²) in [6, 6.07) is 10.4. The Kier molecular flexibility index (Phi) is 4.65. The predicted octanol–water partition coefficient (Wildman–Crippen LogP) is 5.20. The number of halogens is 2. The first-order chi connectivity index (χ1) is 8.19. The average molecular weight is 376 g/mol. The molecule has 1 aromatic carbocycles. The van der Waals surface area contributed by atoms with Crippen LogP contribution in [0.3, 0.4) is 0 Å². The minimum Gasteiger partial charge on any atom is -0.497 e. The molecule has 0 fully saturated rings. The molecule has 0 saturated heterocycles. The minimum atomic E-state index is 0.360. The van der Waals surface area contributed by atoms with Crippen molar-refractivity contribution in [2.75, 3.05) is 7.11 Å². The molecule has 90 valence electrons. The van der Waals surface area contributed by atoms with Crippen LogP contribution in [0.1, 0.15) is 16.0 Å². The van der Waals surface area contributed by atoms with E-state index < -0.39 is 0 Å². The van der Waals surface area contributed by atoms with Gasteiger partial charge < -0.3 is 4.74 Å². The van der Waals surface area contributed by atoms with E-state index in [1.54, 1.807) is 18.4 Å². The van der Waals surface area contributed by atoms with Crippen LogP contribution >= 0.6 is 43.2 Å². The fourth-order valence-electron chi connectivity index (χ4n) is 1.57. The van der Waals surface area contributed by atoms with Gasteiger partial charge in [0, 0.05) is 4.83 Å². The van der Waals surface area contributed by atoms with Crippen LogP contribution < -0.4 is 4.74 Å². The number of ether oxygens (including phenoxy) is 1. The number of benzene rings is 1. The zero-order valence-electron chi connectivity index (χ0n) is 9.32. The number of hydrogen-bond donors (Lipinski definition) is 0. The van der Waals surface area contributed by atoms with Crippen molar-refractivity contribution < 1.29 is 4.74 Å². The summed E-state index contributed by atoms with van der Waals surface area (Å²) in [7, 11) is 1.69. The van der Waals surface area contributed by atoms with Gasteiger partial charge in [-0.1, -0.05) is 28.1 Å². The normalized spacial score (nSPS) is 12.4. The van der Waals surface area contributed by atoms with Crippen molar-refractivity contribution in [1.29, 1.82) is 0 Å². The van der Waals surface area contributed by atoms with Crippen molar-refractivity contribution in [2.24, 2.45) is 0 Å². The van der Waals surface area contributed by atoms with Gasteiger partial charge in [0.05, 0.1) is 10.9 Å². The quantitative estimate of drug-likeness (QED) is 0.667. The molecule has 1 nitrogen and oxygen atoms in total. The Morgan fingerprint density at radius 3 is 2.53 bits per heavy atom. The molecule has 0 saturated carbocycles. The molecule has 1 unspecified atom stereocenters. The molecule has 0 amide bonds. The Morgan fingerprint density at radius 2 is 2.00 bits per heavy atom. The first-order valence-electron chi connectivity index (χ1n) is 5.20. The fraction of sp³-hybridized carbons (Fsp3) is 0.231. The van der Waals surface area contributed by atoms with E-state index in [1.165, 1.54) is 14.9 Å². The van der Waals surface area contributed by atoms with Crippen LogP contribution in [0.25, 0.3) is 0 Å². The van der Waals surface area contributed by atoms with E-state index in [2.05, 4.69) is 55.4 Å². The Balaban J connectivity index is 2.04. The molecular weight excluding hydrogens is 364 g/mol. The molecule has 0 aliphatic heterocycles. The SMILES string of the molecule is COc1ccc(CC(Br)c2csc(Br)c2)cc1. The summed E-state index contributed by atoms with van der Waals surface area (Å²) < 4.78 is 6.32. The van der Waals surface area contributed by atoms with Crippen LogP contribution in [0.15, 0.2) is 39.5 Å². The van der Waals surface area contributed by atoms with Gasteiger partial charge in [-0.2, -0.15) is 0 Å². The number of hydrogen-bond acceptors (Lipinski definition) is 2. The van der Waals surface area contributed by atoms with Crippen molar-refractivity contribution in [1.82, 2.24) is 0 Å². The summed E-state index contributed by atoms with van der Waals surface area (Å²) in [4.78, 5) is 0.360. The van der Waals surface area contributed by atoms with E-state index in [-0.39, 0.29) is 0 Å². The molecule has 0 radical (unpaired) electrons. The Labute approximate surface area is 122 Å². The highest BCUT2D eigenvalue weighted by atomic mass is 79.9. The number of rotatable bonds is 4. The van der Waals surface area contributed by atoms with Gasteiger partial charge in [0.15, 0.2) is 0 Å². The largest absolute Gasteiger partial charge is 0.497 e. The average Bonchev–Trinajstić information content (AvgIpc) is 2.77. The van der Waals surface area contributed by atoms with E-state index >= 15 is 0 Å². The minimum absolute atomic E-state index is 0.360. The summed E-state index contributed by atoms with van der Waals surface area (Å²) in [5.41, 5.74) is 2.62. The molecule has 0 aliphatic carbocycles. The molecule has 1 aromatic heterocycles. The van der Waals surface area contributed by atoms with Crippen LogP contribution in [0.5, 0.6) is 5.75 Å². The maximum atomic E-state index is 5.15. The molecule has 1 heterocycles. The molecule has 0 N–H and O–H groups in total. The van der Waals surface area contributed by atoms with Gasteiger partial charge in [0.2, 0.25) is 0 Å². The second-order valence-corrected chi connectivity index (χ2v) is 7.10. The highest BCUT2D eigenvalue weighted by Gasteiger charge is 2.10. The lowest BCUT2D eigenvalue weighted by Crippen LogP contribution is -1.93. The topological polar surface area (TPSA) is 9.23 Å². The molecular formula is C13H12Br2OS. The van der Waals surface area contributed by atoms with E-state index in [0.29, 0.717) is 4.83 Å². The van der Waals surface area contributed by atoms with Crippen molar-refractivity contribution in [3.05, 3.63) is 50.6 Å². The van der Waals surface area contributed by atoms with Crippen molar-refractivity contribution in [3.8, 4) is 5.75 Å². The highest BCUT2D eigenvalue weighted by Crippen LogP contribution is 2.32. The fourth-order valence-corrected chi connectivity index (χ4v) is 3.62. The number of thiophene rings is 1. The second kappa shape index (κ2) is 6.03. The van der Waals surface area contributed by atoms with Gasteiger partial charge >= 0.3 is 0 Å². The Morgan fingerprint density at radius 1 is 1.29 bits per heavy atom. The third kappa shape index (κ3) is 3.57. The molecule has 17 heavy (non-hydrogen) atoms. The molecule has 0 aliphatic rings. The van der Waals surface area contributed by atoms with Gasteiger partial charge in [-0.15, -0.1) is 11.3 Å². The van der Waals surface area contributed by atoms with E-state index in [4.69, 9.17) is 4.74 Å². The Hall–Kier alpha value is -0.320. The van der Waals surface area contributed by atoms with E-state index in [1.807, 2.05) is 12.1 Å². The van der Waals surface area contributed by atoms with Gasteiger partial charge in [0.1, 0.15) is 5.75 Å². The smallest absolute Gasteiger partial charge is 0.118 e. The number of methoxy groups -OCH3 is 1. The molecule has 1 atom stereocenters. The van der Waals surface area contributed by atoms with Crippen LogP contribution in [0.4, 0.5) is 0 Å². The first kappa shape index (κ1) is 13.1. The third-order valence-corrected chi connectivity index (χ3v) is 4.90. The third-order valence-electron chi connectivity index (χ3n) is 2.52. The lowest BCUT2D eigenvalue weighted by molar-refractivity contribution is 0.414. The summed E-state index contributed by atoms with van der Waals surface area (Å²) in [5, 5.41) is 2.17. The van der Waals surface area contributed by atoms with Gasteiger partial charge in [-0.3, -0.25) is 0 Å². The molecule has 0 spiro atoms. The lowest BCUT2D eigenvalue weighted by atomic mass is 10.1. The maximum absolute atomic E-state index is 5.15. The molecule has 2 rings (SSSR count). The van der Waals surface area contributed by atoms with Crippen molar-refractivity contribution >= 4 is 43.2 Å². The summed E-state index contributed by atoms with van der Waals surface area (Å²) >= 11 is 8.93. The monoisotopic (exact) mass is 374 g/mol. The van der Waals surface area contributed by atoms with E-state index in [9.17, 15) is 0 Å². The van der Waals surface area contributed by atoms with Gasteiger partial charge in [-0.25, -0.2) is 0 Å². The van der Waals surface area contributed by atoms with Crippen LogP contribution in [0.2, 0.25) is 0 Å². The molecule has 4 heteroatoms. The lowest BCUT2D eigenvalue weighted by Gasteiger charge is -2.08. The predicted molar refractivity (Wildman–Crippen MR) is 80.4 cm³/mol. The zero-order valence-corrected chi connectivity index (χ0v) is 13.3. The van der Waals surface area contributed by atoms with Crippen molar-refractivity contribution in [3.63, 3.8) is 0 Å². The molecule has 0 bridgehead atoms.